The van der Waals surface area contributed by atoms with Crippen LogP contribution in [0.5, 0.6) is 0 Å². The van der Waals surface area contributed by atoms with Crippen molar-refractivity contribution in [3.05, 3.63) is 64.7 Å². The molecule has 0 saturated heterocycles. The quantitative estimate of drug-likeness (QED) is 0.544. The highest BCUT2D eigenvalue weighted by Crippen LogP contribution is 2.43. The number of fused-ring (bicyclic) bond motifs is 1. The lowest BCUT2D eigenvalue weighted by Crippen LogP contribution is -2.48. The van der Waals surface area contributed by atoms with Crippen LogP contribution in [0.15, 0.2) is 48.0 Å². The molecule has 0 spiro atoms. The Morgan fingerprint density at radius 2 is 2.07 bits per heavy atom. The van der Waals surface area contributed by atoms with Crippen LogP contribution < -0.4 is 10.2 Å². The first-order valence-electron chi connectivity index (χ1n) is 10.2. The molecule has 1 amide bonds. The van der Waals surface area contributed by atoms with Crippen molar-refractivity contribution in [2.24, 2.45) is 0 Å². The number of hydrogen-bond acceptors (Lipinski definition) is 3. The number of amides is 1. The van der Waals surface area contributed by atoms with Gasteiger partial charge in [-0.25, -0.2) is 0 Å². The Kier molecular flexibility index (Phi) is 5.79. The van der Waals surface area contributed by atoms with Gasteiger partial charge in [0.1, 0.15) is 11.6 Å². The van der Waals surface area contributed by atoms with E-state index in [0.29, 0.717) is 11.6 Å². The average molecular weight is 388 g/mol. The molecule has 0 saturated carbocycles. The molecule has 1 aliphatic heterocycles. The molecule has 0 fully saturated rings. The maximum Gasteiger partial charge on any atom is 0.266 e. The van der Waals surface area contributed by atoms with Crippen LogP contribution in [-0.4, -0.2) is 18.0 Å². The number of nitriles is 1. The van der Waals surface area contributed by atoms with E-state index in [1.807, 2.05) is 43.3 Å². The zero-order chi connectivity index (χ0) is 21.2. The summed E-state index contributed by atoms with van der Waals surface area (Å²) in [7, 11) is 0. The van der Waals surface area contributed by atoms with E-state index in [0.717, 1.165) is 24.1 Å². The number of anilines is 2. The highest BCUT2D eigenvalue weighted by Gasteiger charge is 2.35. The molecule has 1 unspecified atom stereocenters. The first-order valence-corrected chi connectivity index (χ1v) is 10.2. The van der Waals surface area contributed by atoms with Gasteiger partial charge in [0.2, 0.25) is 0 Å². The lowest BCUT2D eigenvalue weighted by atomic mass is 9.79. The van der Waals surface area contributed by atoms with Crippen molar-refractivity contribution in [1.29, 1.82) is 5.26 Å². The summed E-state index contributed by atoms with van der Waals surface area (Å²) in [5.74, 6) is 0.0305. The minimum Gasteiger partial charge on any atom is -0.366 e. The number of hydrogen-bond donors (Lipinski definition) is 1. The first kappa shape index (κ1) is 20.7. The fourth-order valence-electron chi connectivity index (χ4n) is 4.43. The lowest BCUT2D eigenvalue weighted by molar-refractivity contribution is -0.112. The molecule has 29 heavy (non-hydrogen) atoms. The highest BCUT2D eigenvalue weighted by atomic mass is 16.1. The van der Waals surface area contributed by atoms with Gasteiger partial charge in [0.15, 0.2) is 0 Å². The average Bonchev–Trinajstić information content (AvgIpc) is 2.66. The summed E-state index contributed by atoms with van der Waals surface area (Å²) in [5.41, 5.74) is 5.36. The van der Waals surface area contributed by atoms with Crippen LogP contribution in [-0.2, 0) is 4.79 Å². The van der Waals surface area contributed by atoms with E-state index >= 15 is 0 Å². The zero-order valence-corrected chi connectivity index (χ0v) is 17.9. The second-order valence-corrected chi connectivity index (χ2v) is 8.47. The van der Waals surface area contributed by atoms with Gasteiger partial charge < -0.3 is 10.2 Å². The van der Waals surface area contributed by atoms with Crippen molar-refractivity contribution in [3.8, 4) is 6.07 Å². The van der Waals surface area contributed by atoms with E-state index in [1.165, 1.54) is 11.3 Å². The minimum atomic E-state index is -0.389. The van der Waals surface area contributed by atoms with Gasteiger partial charge in [-0.15, -0.1) is 0 Å². The van der Waals surface area contributed by atoms with Gasteiger partial charge in [-0.05, 0) is 87.1 Å². The van der Waals surface area contributed by atoms with Crippen LogP contribution >= 0.6 is 0 Å². The maximum atomic E-state index is 12.6. The molecule has 4 nitrogen and oxygen atoms in total. The Bertz CT molecular complexity index is 997. The molecule has 3 rings (SSSR count). The molecule has 1 heterocycles. The molecular formula is C25H29N3O. The van der Waals surface area contributed by atoms with E-state index in [4.69, 9.17) is 0 Å². The summed E-state index contributed by atoms with van der Waals surface area (Å²) >= 11 is 0. The summed E-state index contributed by atoms with van der Waals surface area (Å²) in [6.45, 7) is 11.9. The maximum absolute atomic E-state index is 12.6. The SMILES string of the molecule is CCN1c2ccc(/C=C(/C#N)C(=O)Nc3cccc(C)c3)cc2C(C)CC1(C)C. The Morgan fingerprint density at radius 3 is 2.72 bits per heavy atom. The monoisotopic (exact) mass is 387 g/mol. The molecule has 0 bridgehead atoms. The Balaban J connectivity index is 1.90. The molecule has 4 heteroatoms. The van der Waals surface area contributed by atoms with Gasteiger partial charge in [0.25, 0.3) is 5.91 Å². The predicted octanol–water partition coefficient (Wildman–Crippen LogP) is 5.65. The largest absolute Gasteiger partial charge is 0.366 e. The molecule has 0 aliphatic carbocycles. The molecule has 1 aliphatic rings. The standard InChI is InChI=1S/C25H29N3O/c1-6-28-23-11-10-19(14-22(23)18(3)15-25(28,4)5)13-20(16-26)24(29)27-21-9-7-8-17(2)12-21/h7-14,18H,6,15H2,1-5H3,(H,27,29)/b20-13-. The van der Waals surface area contributed by atoms with E-state index in [-0.39, 0.29) is 17.0 Å². The van der Waals surface area contributed by atoms with Crippen molar-refractivity contribution < 1.29 is 4.79 Å². The second kappa shape index (κ2) is 8.13. The third kappa shape index (κ3) is 4.35. The summed E-state index contributed by atoms with van der Waals surface area (Å²) in [4.78, 5) is 15.0. The van der Waals surface area contributed by atoms with Crippen molar-refractivity contribution >= 4 is 23.4 Å². The molecular weight excluding hydrogens is 358 g/mol. The lowest BCUT2D eigenvalue weighted by Gasteiger charge is -2.47. The number of carbonyl (C=O) groups is 1. The van der Waals surface area contributed by atoms with Crippen LogP contribution in [0.2, 0.25) is 0 Å². The molecule has 1 atom stereocenters. The van der Waals surface area contributed by atoms with E-state index in [2.05, 4.69) is 50.0 Å². The summed E-state index contributed by atoms with van der Waals surface area (Å²) in [6.07, 6.45) is 2.74. The Morgan fingerprint density at radius 1 is 1.31 bits per heavy atom. The van der Waals surface area contributed by atoms with Crippen LogP contribution in [0.4, 0.5) is 11.4 Å². The van der Waals surface area contributed by atoms with Gasteiger partial charge in [-0.2, -0.15) is 5.26 Å². The summed E-state index contributed by atoms with van der Waals surface area (Å²) in [5, 5.41) is 12.4. The molecule has 0 aromatic heterocycles. The molecule has 1 N–H and O–H groups in total. The van der Waals surface area contributed by atoms with Crippen molar-refractivity contribution in [3.63, 3.8) is 0 Å². The van der Waals surface area contributed by atoms with Crippen LogP contribution in [0.25, 0.3) is 6.08 Å². The van der Waals surface area contributed by atoms with Crippen LogP contribution in [0.3, 0.4) is 0 Å². The van der Waals surface area contributed by atoms with Gasteiger partial charge in [0.05, 0.1) is 0 Å². The molecule has 0 radical (unpaired) electrons. The first-order chi connectivity index (χ1) is 13.7. The van der Waals surface area contributed by atoms with Gasteiger partial charge in [-0.3, -0.25) is 4.79 Å². The highest BCUT2D eigenvalue weighted by molar-refractivity contribution is 6.09. The fourth-order valence-corrected chi connectivity index (χ4v) is 4.43. The summed E-state index contributed by atoms with van der Waals surface area (Å²) in [6, 6.07) is 15.8. The third-order valence-electron chi connectivity index (χ3n) is 5.68. The van der Waals surface area contributed by atoms with Crippen molar-refractivity contribution in [2.45, 2.75) is 52.5 Å². The number of nitrogens with zero attached hydrogens (tertiary/aromatic N) is 2. The smallest absolute Gasteiger partial charge is 0.266 e. The summed E-state index contributed by atoms with van der Waals surface area (Å²) < 4.78 is 0. The number of rotatable bonds is 4. The number of carbonyl (C=O) groups excluding carboxylic acids is 1. The van der Waals surface area contributed by atoms with Crippen LogP contribution in [0.1, 0.15) is 56.7 Å². The third-order valence-corrected chi connectivity index (χ3v) is 5.68. The van der Waals surface area contributed by atoms with Gasteiger partial charge in [-0.1, -0.05) is 25.1 Å². The predicted molar refractivity (Wildman–Crippen MR) is 120 cm³/mol. The zero-order valence-electron chi connectivity index (χ0n) is 17.9. The molecule has 2 aromatic rings. The second-order valence-electron chi connectivity index (χ2n) is 8.47. The number of aryl methyl sites for hydroxylation is 1. The van der Waals surface area contributed by atoms with E-state index in [1.54, 1.807) is 6.08 Å². The Labute approximate surface area is 173 Å². The molecule has 150 valence electrons. The van der Waals surface area contributed by atoms with Crippen molar-refractivity contribution in [2.75, 3.05) is 16.8 Å². The normalized spacial score (nSPS) is 18.0. The number of nitrogens with one attached hydrogen (secondary N) is 1. The van der Waals surface area contributed by atoms with Crippen LogP contribution in [0, 0.1) is 18.3 Å². The minimum absolute atomic E-state index is 0.0996. The Hall–Kier alpha value is -3.06. The van der Waals surface area contributed by atoms with Gasteiger partial charge in [0, 0.05) is 23.5 Å². The topological polar surface area (TPSA) is 56.1 Å². The van der Waals surface area contributed by atoms with E-state index < -0.39 is 0 Å². The molecule has 2 aromatic carbocycles. The number of benzene rings is 2. The van der Waals surface area contributed by atoms with Gasteiger partial charge >= 0.3 is 0 Å². The van der Waals surface area contributed by atoms with E-state index in [9.17, 15) is 10.1 Å². The fraction of sp³-hybridized carbons (Fsp3) is 0.360. The van der Waals surface area contributed by atoms with Crippen molar-refractivity contribution in [1.82, 2.24) is 0 Å².